The van der Waals surface area contributed by atoms with E-state index < -0.39 is 11.2 Å². The molecule has 0 saturated carbocycles. The van der Waals surface area contributed by atoms with E-state index in [1.54, 1.807) is 0 Å². The number of aromatic amines is 1. The summed E-state index contributed by atoms with van der Waals surface area (Å²) in [6.45, 7) is -0.0504. The molecule has 0 saturated heterocycles. The number of nitrogens with zero attached hydrogens (tertiary/aromatic N) is 1. The van der Waals surface area contributed by atoms with E-state index in [-0.39, 0.29) is 18.8 Å². The fraction of sp³-hybridized carbons (Fsp3) is 0.333. The van der Waals surface area contributed by atoms with Gasteiger partial charge in [-0.2, -0.15) is 0 Å². The highest BCUT2D eigenvalue weighted by molar-refractivity contribution is 5.30. The number of aliphatic hydroxyl groups is 1. The molecule has 0 spiro atoms. The maximum absolute atomic E-state index is 10.9. The fourth-order valence-corrected chi connectivity index (χ4v) is 0.800. The van der Waals surface area contributed by atoms with Gasteiger partial charge in [0.25, 0.3) is 5.56 Å². The lowest BCUT2D eigenvalue weighted by molar-refractivity contribution is 0.273. The number of anilines is 1. The molecule has 4 N–H and O–H groups in total. The van der Waals surface area contributed by atoms with Crippen molar-refractivity contribution in [2.24, 2.45) is 0 Å². The Morgan fingerprint density at radius 3 is 2.83 bits per heavy atom. The van der Waals surface area contributed by atoms with Crippen molar-refractivity contribution in [1.82, 2.24) is 9.55 Å². The lowest BCUT2D eigenvalue weighted by atomic mass is 10.5. The minimum absolute atomic E-state index is 0.0388. The summed E-state index contributed by atoms with van der Waals surface area (Å²) < 4.78 is 1.14. The Kier molecular flexibility index (Phi) is 2.29. The monoisotopic (exact) mass is 171 g/mol. The molecule has 1 rings (SSSR count). The molecule has 0 unspecified atom stereocenters. The number of hydrogen-bond donors (Lipinski definition) is 3. The summed E-state index contributed by atoms with van der Waals surface area (Å²) in [4.78, 5) is 23.7. The number of nitrogen functional groups attached to an aromatic ring is 1. The Labute approximate surface area is 67.3 Å². The van der Waals surface area contributed by atoms with Crippen molar-refractivity contribution in [1.29, 1.82) is 0 Å². The molecule has 0 atom stereocenters. The first-order valence-electron chi connectivity index (χ1n) is 3.35. The van der Waals surface area contributed by atoms with Crippen LogP contribution in [-0.4, -0.2) is 21.3 Å². The van der Waals surface area contributed by atoms with Crippen molar-refractivity contribution in [2.75, 3.05) is 12.3 Å². The number of nitrogens with one attached hydrogen (secondary N) is 1. The highest BCUT2D eigenvalue weighted by atomic mass is 16.3. The largest absolute Gasteiger partial charge is 0.395 e. The van der Waals surface area contributed by atoms with Crippen LogP contribution in [0.25, 0.3) is 0 Å². The maximum Gasteiger partial charge on any atom is 0.328 e. The third kappa shape index (κ3) is 1.54. The van der Waals surface area contributed by atoms with Crippen LogP contribution in [-0.2, 0) is 6.54 Å². The molecule has 6 nitrogen and oxygen atoms in total. The number of aromatic nitrogens is 2. The van der Waals surface area contributed by atoms with Crippen molar-refractivity contribution in [2.45, 2.75) is 6.54 Å². The van der Waals surface area contributed by atoms with Gasteiger partial charge in [-0.05, 0) is 0 Å². The summed E-state index contributed by atoms with van der Waals surface area (Å²) in [5.41, 5.74) is 4.03. The molecule has 6 heteroatoms. The number of hydrogen-bond acceptors (Lipinski definition) is 4. The van der Waals surface area contributed by atoms with E-state index in [2.05, 4.69) is 0 Å². The first-order chi connectivity index (χ1) is 5.65. The van der Waals surface area contributed by atoms with Crippen LogP contribution in [0.1, 0.15) is 0 Å². The van der Waals surface area contributed by atoms with Crippen LogP contribution < -0.4 is 17.0 Å². The highest BCUT2D eigenvalue weighted by Gasteiger charge is 1.99. The zero-order valence-electron chi connectivity index (χ0n) is 6.28. The molecule has 0 aliphatic carbocycles. The lowest BCUT2D eigenvalue weighted by Gasteiger charge is -2.01. The minimum atomic E-state index is -0.603. The summed E-state index contributed by atoms with van der Waals surface area (Å²) in [6, 6.07) is 0. The van der Waals surface area contributed by atoms with E-state index in [1.165, 1.54) is 6.20 Å². The van der Waals surface area contributed by atoms with Crippen LogP contribution in [0.5, 0.6) is 0 Å². The lowest BCUT2D eigenvalue weighted by Crippen LogP contribution is -2.31. The first-order valence-corrected chi connectivity index (χ1v) is 3.35. The van der Waals surface area contributed by atoms with Crippen LogP contribution in [0.2, 0.25) is 0 Å². The predicted molar refractivity (Wildman–Crippen MR) is 42.8 cm³/mol. The molecule has 0 radical (unpaired) electrons. The predicted octanol–water partition coefficient (Wildman–Crippen LogP) is -1.89. The van der Waals surface area contributed by atoms with Gasteiger partial charge in [-0.3, -0.25) is 14.3 Å². The van der Waals surface area contributed by atoms with E-state index in [0.29, 0.717) is 0 Å². The molecule has 0 amide bonds. The third-order valence-electron chi connectivity index (χ3n) is 1.38. The normalized spacial score (nSPS) is 10.1. The van der Waals surface area contributed by atoms with Crippen LogP contribution >= 0.6 is 0 Å². The molecule has 12 heavy (non-hydrogen) atoms. The van der Waals surface area contributed by atoms with Crippen molar-refractivity contribution in [3.05, 3.63) is 27.0 Å². The van der Waals surface area contributed by atoms with E-state index in [1.807, 2.05) is 4.98 Å². The molecule has 0 aliphatic rings. The minimum Gasteiger partial charge on any atom is -0.395 e. The molecule has 1 heterocycles. The molecule has 1 aromatic heterocycles. The van der Waals surface area contributed by atoms with Gasteiger partial charge >= 0.3 is 5.69 Å². The van der Waals surface area contributed by atoms with Crippen molar-refractivity contribution < 1.29 is 5.11 Å². The van der Waals surface area contributed by atoms with Crippen LogP contribution in [0.3, 0.4) is 0 Å². The average Bonchev–Trinajstić information content (AvgIpc) is 2.01. The maximum atomic E-state index is 10.9. The number of nitrogens with two attached hydrogens (primary N) is 1. The van der Waals surface area contributed by atoms with Crippen molar-refractivity contribution in [3.63, 3.8) is 0 Å². The summed E-state index contributed by atoms with van der Waals surface area (Å²) in [5.74, 6) is 0. The van der Waals surface area contributed by atoms with Gasteiger partial charge in [-0.15, -0.1) is 0 Å². The Balaban J connectivity index is 3.24. The summed E-state index contributed by atoms with van der Waals surface area (Å²) in [5, 5.41) is 8.51. The Bertz CT molecular complexity index is 378. The smallest absolute Gasteiger partial charge is 0.328 e. The molecule has 0 aromatic carbocycles. The van der Waals surface area contributed by atoms with Gasteiger partial charge in [0.1, 0.15) is 5.69 Å². The van der Waals surface area contributed by atoms with E-state index in [0.717, 1.165) is 4.57 Å². The fourth-order valence-electron chi connectivity index (χ4n) is 0.800. The van der Waals surface area contributed by atoms with Gasteiger partial charge < -0.3 is 10.8 Å². The van der Waals surface area contributed by atoms with E-state index in [4.69, 9.17) is 10.8 Å². The topological polar surface area (TPSA) is 101 Å². The third-order valence-corrected chi connectivity index (χ3v) is 1.38. The Hall–Kier alpha value is -1.56. The summed E-state index contributed by atoms with van der Waals surface area (Å²) in [7, 11) is 0. The van der Waals surface area contributed by atoms with Crippen LogP contribution in [0.15, 0.2) is 15.8 Å². The number of aliphatic hydroxyl groups excluding tert-OH is 1. The SMILES string of the molecule is Nc1cn(CCO)c(=O)[nH]c1=O. The van der Waals surface area contributed by atoms with Gasteiger partial charge in [0.05, 0.1) is 13.2 Å². The zero-order chi connectivity index (χ0) is 9.14. The van der Waals surface area contributed by atoms with Gasteiger partial charge in [0.2, 0.25) is 0 Å². The molecular weight excluding hydrogens is 162 g/mol. The average molecular weight is 171 g/mol. The molecule has 0 fully saturated rings. The van der Waals surface area contributed by atoms with Gasteiger partial charge in [0, 0.05) is 6.20 Å². The molecule has 0 bridgehead atoms. The molecule has 66 valence electrons. The quantitative estimate of drug-likeness (QED) is 0.484. The standard InChI is InChI=1S/C6H9N3O3/c7-4-3-9(1-2-10)6(12)8-5(4)11/h3,10H,1-2,7H2,(H,8,11,12). The van der Waals surface area contributed by atoms with E-state index >= 15 is 0 Å². The Morgan fingerprint density at radius 1 is 1.58 bits per heavy atom. The number of H-pyrrole nitrogens is 1. The molecule has 1 aromatic rings. The van der Waals surface area contributed by atoms with Crippen molar-refractivity contribution in [3.8, 4) is 0 Å². The molecule has 0 aliphatic heterocycles. The Morgan fingerprint density at radius 2 is 2.25 bits per heavy atom. The second-order valence-electron chi connectivity index (χ2n) is 2.26. The molecular formula is C6H9N3O3. The summed E-state index contributed by atoms with van der Waals surface area (Å²) in [6.07, 6.45) is 1.21. The zero-order valence-corrected chi connectivity index (χ0v) is 6.28. The number of rotatable bonds is 2. The van der Waals surface area contributed by atoms with Gasteiger partial charge in [-0.1, -0.05) is 0 Å². The first kappa shape index (κ1) is 8.54. The van der Waals surface area contributed by atoms with Crippen molar-refractivity contribution >= 4 is 5.69 Å². The second-order valence-corrected chi connectivity index (χ2v) is 2.26. The summed E-state index contributed by atoms with van der Waals surface area (Å²) >= 11 is 0. The highest BCUT2D eigenvalue weighted by Crippen LogP contribution is 1.85. The van der Waals surface area contributed by atoms with E-state index in [9.17, 15) is 9.59 Å². The van der Waals surface area contributed by atoms with Crippen LogP contribution in [0, 0.1) is 0 Å². The van der Waals surface area contributed by atoms with Gasteiger partial charge in [-0.25, -0.2) is 4.79 Å². The van der Waals surface area contributed by atoms with Gasteiger partial charge in [0.15, 0.2) is 0 Å². The second kappa shape index (κ2) is 3.22. The van der Waals surface area contributed by atoms with Crippen LogP contribution in [0.4, 0.5) is 5.69 Å².